The van der Waals surface area contributed by atoms with Crippen LogP contribution >= 0.6 is 0 Å². The molecule has 0 aromatic heterocycles. The number of nitrogens with zero attached hydrogens (tertiary/aromatic N) is 1. The van der Waals surface area contributed by atoms with Crippen molar-refractivity contribution in [1.29, 1.82) is 0 Å². The van der Waals surface area contributed by atoms with Crippen molar-refractivity contribution in [1.82, 2.24) is 5.06 Å². The summed E-state index contributed by atoms with van der Waals surface area (Å²) < 4.78 is 57.2. The zero-order chi connectivity index (χ0) is 16.2. The molecule has 0 N–H and O–H groups in total. The highest BCUT2D eigenvalue weighted by Crippen LogP contribution is 2.38. The maximum atomic E-state index is 13.2. The average molecular weight is 309 g/mol. The number of benzene rings is 1. The van der Waals surface area contributed by atoms with Crippen molar-refractivity contribution in [3.05, 3.63) is 35.6 Å². The Hall–Kier alpha value is -1.83. The van der Waals surface area contributed by atoms with Gasteiger partial charge < -0.3 is 4.74 Å². The van der Waals surface area contributed by atoms with Crippen LogP contribution in [0, 0.1) is 5.82 Å². The third-order valence-electron chi connectivity index (χ3n) is 2.44. The van der Waals surface area contributed by atoms with E-state index in [0.29, 0.717) is 0 Å². The number of halogens is 4. The zero-order valence-electron chi connectivity index (χ0n) is 11.6. The highest BCUT2D eigenvalue weighted by atomic mass is 19.4. The lowest BCUT2D eigenvalue weighted by atomic mass is 10.1. The van der Waals surface area contributed by atoms with Gasteiger partial charge in [0.2, 0.25) is 0 Å². The summed E-state index contributed by atoms with van der Waals surface area (Å²) in [5.41, 5.74) is -0.341. The van der Waals surface area contributed by atoms with E-state index in [-0.39, 0.29) is 10.6 Å². The molecule has 0 radical (unpaired) electrons. The molecule has 1 rings (SSSR count). The van der Waals surface area contributed by atoms with E-state index in [1.54, 1.807) is 0 Å². The Bertz CT molecular complexity index is 473. The number of hydrogen-bond acceptors (Lipinski definition) is 3. The summed E-state index contributed by atoms with van der Waals surface area (Å²) in [7, 11) is 0.920. The molecule has 21 heavy (non-hydrogen) atoms. The Morgan fingerprint density at radius 3 is 2.10 bits per heavy atom. The van der Waals surface area contributed by atoms with Crippen LogP contribution in [0.4, 0.5) is 22.4 Å². The molecule has 0 spiro atoms. The number of ether oxygens (including phenoxy) is 1. The molecule has 0 saturated heterocycles. The van der Waals surface area contributed by atoms with E-state index >= 15 is 0 Å². The van der Waals surface area contributed by atoms with Crippen molar-refractivity contribution >= 4 is 6.09 Å². The minimum atomic E-state index is -4.82. The number of carbonyl (C=O) groups is 1. The fourth-order valence-corrected chi connectivity index (χ4v) is 1.64. The smallest absolute Gasteiger partial charge is 0.435 e. The molecule has 0 aliphatic carbocycles. The minimum Gasteiger partial charge on any atom is -0.445 e. The van der Waals surface area contributed by atoms with Gasteiger partial charge in [-0.3, -0.25) is 4.84 Å². The first kappa shape index (κ1) is 17.2. The zero-order valence-corrected chi connectivity index (χ0v) is 11.6. The fourth-order valence-electron chi connectivity index (χ4n) is 1.64. The minimum absolute atomic E-state index is 0.0766. The second kappa shape index (κ2) is 6.75. The predicted octanol–water partition coefficient (Wildman–Crippen LogP) is 3.84. The maximum Gasteiger partial charge on any atom is 0.435 e. The predicted molar refractivity (Wildman–Crippen MR) is 65.7 cm³/mol. The SMILES string of the molecule is CON(C(=O)OC(C)C)C(c1ccc(F)cc1)C(F)(F)F. The van der Waals surface area contributed by atoms with E-state index in [1.807, 2.05) is 0 Å². The van der Waals surface area contributed by atoms with Gasteiger partial charge in [0, 0.05) is 0 Å². The molecule has 0 bridgehead atoms. The average Bonchev–Trinajstić information content (AvgIpc) is 2.34. The van der Waals surface area contributed by atoms with Crippen molar-refractivity contribution < 1.29 is 31.9 Å². The number of amides is 1. The molecule has 1 amide bonds. The second-order valence-corrected chi connectivity index (χ2v) is 4.44. The van der Waals surface area contributed by atoms with E-state index in [9.17, 15) is 22.4 Å². The number of hydrogen-bond donors (Lipinski definition) is 0. The Kier molecular flexibility index (Phi) is 5.54. The lowest BCUT2D eigenvalue weighted by Crippen LogP contribution is -2.42. The van der Waals surface area contributed by atoms with Crippen LogP contribution in [0.1, 0.15) is 25.5 Å². The Morgan fingerprint density at radius 1 is 1.19 bits per heavy atom. The highest BCUT2D eigenvalue weighted by Gasteiger charge is 2.48. The molecule has 1 atom stereocenters. The monoisotopic (exact) mass is 309 g/mol. The normalized spacial score (nSPS) is 13.1. The van der Waals surface area contributed by atoms with E-state index in [1.165, 1.54) is 13.8 Å². The summed E-state index contributed by atoms with van der Waals surface area (Å²) in [4.78, 5) is 16.2. The van der Waals surface area contributed by atoms with E-state index in [2.05, 4.69) is 4.84 Å². The Morgan fingerprint density at radius 2 is 1.71 bits per heavy atom. The van der Waals surface area contributed by atoms with Crippen molar-refractivity contribution in [2.24, 2.45) is 0 Å². The van der Waals surface area contributed by atoms with E-state index < -0.39 is 30.2 Å². The number of hydroxylamine groups is 2. The van der Waals surface area contributed by atoms with Crippen molar-refractivity contribution in [2.75, 3.05) is 7.11 Å². The van der Waals surface area contributed by atoms with Crippen LogP contribution in [0.2, 0.25) is 0 Å². The molecule has 0 fully saturated rings. The van der Waals surface area contributed by atoms with E-state index in [0.717, 1.165) is 31.4 Å². The number of carbonyl (C=O) groups excluding carboxylic acids is 1. The lowest BCUT2D eigenvalue weighted by Gasteiger charge is -2.30. The molecular formula is C13H15F4NO3. The molecule has 0 saturated carbocycles. The molecule has 4 nitrogen and oxygen atoms in total. The van der Waals surface area contributed by atoms with Gasteiger partial charge in [-0.2, -0.15) is 18.2 Å². The Labute approximate surface area is 119 Å². The first-order valence-electron chi connectivity index (χ1n) is 6.03. The third-order valence-corrected chi connectivity index (χ3v) is 2.44. The summed E-state index contributed by atoms with van der Waals surface area (Å²) in [6.45, 7) is 2.98. The van der Waals surface area contributed by atoms with Crippen LogP contribution < -0.4 is 0 Å². The summed E-state index contributed by atoms with van der Waals surface area (Å²) in [6.07, 6.45) is -6.71. The van der Waals surface area contributed by atoms with Crippen LogP contribution in [-0.4, -0.2) is 30.5 Å². The van der Waals surface area contributed by atoms with Gasteiger partial charge in [0.05, 0.1) is 13.2 Å². The molecule has 1 aromatic rings. The molecule has 8 heteroatoms. The lowest BCUT2D eigenvalue weighted by molar-refractivity contribution is -0.251. The fraction of sp³-hybridized carbons (Fsp3) is 0.462. The number of rotatable bonds is 4. The van der Waals surface area contributed by atoms with Gasteiger partial charge >= 0.3 is 12.3 Å². The molecule has 1 unspecified atom stereocenters. The van der Waals surface area contributed by atoms with Gasteiger partial charge in [0.25, 0.3) is 0 Å². The summed E-state index contributed by atoms with van der Waals surface area (Å²) >= 11 is 0. The van der Waals surface area contributed by atoms with Crippen LogP contribution in [0.5, 0.6) is 0 Å². The van der Waals surface area contributed by atoms with E-state index in [4.69, 9.17) is 4.74 Å². The van der Waals surface area contributed by atoms with Crippen molar-refractivity contribution in [2.45, 2.75) is 32.2 Å². The molecule has 1 aromatic carbocycles. The maximum absolute atomic E-state index is 13.2. The largest absolute Gasteiger partial charge is 0.445 e. The van der Waals surface area contributed by atoms with Gasteiger partial charge in [-0.1, -0.05) is 12.1 Å². The summed E-state index contributed by atoms with van der Waals surface area (Å²) in [5.74, 6) is -0.687. The van der Waals surface area contributed by atoms with Crippen molar-refractivity contribution in [3.63, 3.8) is 0 Å². The van der Waals surface area contributed by atoms with Gasteiger partial charge in [-0.05, 0) is 31.5 Å². The van der Waals surface area contributed by atoms with Crippen LogP contribution in [0.25, 0.3) is 0 Å². The van der Waals surface area contributed by atoms with Crippen LogP contribution in [0.15, 0.2) is 24.3 Å². The van der Waals surface area contributed by atoms with Gasteiger partial charge in [-0.25, -0.2) is 9.18 Å². The molecular weight excluding hydrogens is 294 g/mol. The number of alkyl halides is 3. The standard InChI is InChI=1S/C13H15F4NO3/c1-8(2)21-12(19)18(20-3)11(13(15,16)17)9-4-6-10(14)7-5-9/h4-8,11H,1-3H3. The summed E-state index contributed by atoms with van der Waals surface area (Å²) in [6, 6.07) is 1.21. The summed E-state index contributed by atoms with van der Waals surface area (Å²) in [5, 5.41) is 0.0766. The topological polar surface area (TPSA) is 38.8 Å². The first-order valence-corrected chi connectivity index (χ1v) is 6.03. The second-order valence-electron chi connectivity index (χ2n) is 4.44. The molecule has 118 valence electrons. The first-order chi connectivity index (χ1) is 9.66. The van der Waals surface area contributed by atoms with Gasteiger partial charge in [0.1, 0.15) is 5.82 Å². The van der Waals surface area contributed by atoms with Crippen LogP contribution in [0.3, 0.4) is 0 Å². The third kappa shape index (κ3) is 4.59. The Balaban J connectivity index is 3.17. The molecule has 0 aliphatic heterocycles. The van der Waals surface area contributed by atoms with Crippen LogP contribution in [-0.2, 0) is 9.57 Å². The van der Waals surface area contributed by atoms with Gasteiger partial charge in [-0.15, -0.1) is 0 Å². The van der Waals surface area contributed by atoms with Gasteiger partial charge in [0.15, 0.2) is 6.04 Å². The quantitative estimate of drug-likeness (QED) is 0.626. The molecule has 0 aliphatic rings. The molecule has 0 heterocycles. The van der Waals surface area contributed by atoms with Crippen molar-refractivity contribution in [3.8, 4) is 0 Å². The highest BCUT2D eigenvalue weighted by molar-refractivity contribution is 5.67.